The number of carbonyl (C=O) groups excluding carboxylic acids is 2. The Morgan fingerprint density at radius 1 is 1.55 bits per heavy atom. The molecule has 1 heterocycles. The molecule has 22 heavy (non-hydrogen) atoms. The van der Waals surface area contributed by atoms with Crippen LogP contribution in [0.15, 0.2) is 5.11 Å². The van der Waals surface area contributed by atoms with E-state index in [0.717, 1.165) is 0 Å². The summed E-state index contributed by atoms with van der Waals surface area (Å²) in [5.74, 6) is -2.14. The molecule has 0 unspecified atom stereocenters. The molecule has 0 saturated carbocycles. The van der Waals surface area contributed by atoms with Crippen LogP contribution in [0.1, 0.15) is 20.8 Å². The molecule has 0 aromatic carbocycles. The summed E-state index contributed by atoms with van der Waals surface area (Å²) in [4.78, 5) is 27.7. The van der Waals surface area contributed by atoms with Crippen molar-refractivity contribution in [2.24, 2.45) is 11.0 Å². The van der Waals surface area contributed by atoms with E-state index in [2.05, 4.69) is 10.0 Å². The van der Waals surface area contributed by atoms with Crippen LogP contribution in [0.2, 0.25) is 19.6 Å². The smallest absolute Gasteiger partial charge is 0.350 e. The monoisotopic (exact) mass is 329 g/mol. The molecule has 9 heteroatoms. The van der Waals surface area contributed by atoms with Gasteiger partial charge >= 0.3 is 11.9 Å². The van der Waals surface area contributed by atoms with Gasteiger partial charge in [0.1, 0.15) is 6.10 Å². The molecule has 1 aliphatic rings. The molecule has 124 valence electrons. The van der Waals surface area contributed by atoms with Gasteiger partial charge in [0.2, 0.25) is 0 Å². The van der Waals surface area contributed by atoms with Crippen molar-refractivity contribution < 1.29 is 23.5 Å². The average molecular weight is 329 g/mol. The normalized spacial score (nSPS) is 29.5. The van der Waals surface area contributed by atoms with Crippen molar-refractivity contribution >= 4 is 20.3 Å². The first-order chi connectivity index (χ1) is 10.1. The Morgan fingerprint density at radius 2 is 2.14 bits per heavy atom. The van der Waals surface area contributed by atoms with E-state index in [-0.39, 0.29) is 6.61 Å². The highest BCUT2D eigenvalue weighted by atomic mass is 28.4. The van der Waals surface area contributed by atoms with Crippen molar-refractivity contribution in [2.45, 2.75) is 58.2 Å². The average Bonchev–Trinajstić information content (AvgIpc) is 2.63. The Morgan fingerprint density at radius 3 is 2.59 bits per heavy atom. The number of hydrogen-bond acceptors (Lipinski definition) is 6. The van der Waals surface area contributed by atoms with Crippen molar-refractivity contribution in [3.63, 3.8) is 0 Å². The third-order valence-corrected chi connectivity index (χ3v) is 4.37. The summed E-state index contributed by atoms with van der Waals surface area (Å²) in [6.45, 7) is 10.7. The Labute approximate surface area is 130 Å². The number of hydrogen-bond donors (Lipinski definition) is 0. The van der Waals surface area contributed by atoms with E-state index >= 15 is 0 Å². The SMILES string of the molecule is CCOC(=O)[C@]1(O[Si](C)(C)C)C(=O)O[C@@H]([C@@H](C)N=[N+]=[N-])[C@@H]1C. The lowest BCUT2D eigenvalue weighted by atomic mass is 9.85. The van der Waals surface area contributed by atoms with Crippen LogP contribution < -0.4 is 0 Å². The van der Waals surface area contributed by atoms with Crippen LogP contribution in [0.5, 0.6) is 0 Å². The van der Waals surface area contributed by atoms with Gasteiger partial charge in [0.05, 0.1) is 12.6 Å². The van der Waals surface area contributed by atoms with Crippen molar-refractivity contribution in [2.75, 3.05) is 6.61 Å². The van der Waals surface area contributed by atoms with Crippen LogP contribution in [0.25, 0.3) is 10.4 Å². The van der Waals surface area contributed by atoms with E-state index < -0.39 is 43.9 Å². The number of rotatable bonds is 6. The summed E-state index contributed by atoms with van der Waals surface area (Å²) in [6, 6.07) is -0.606. The molecule has 1 rings (SSSR count). The number of cyclic esters (lactones) is 1. The number of esters is 2. The predicted octanol–water partition coefficient (Wildman–Crippen LogP) is 2.40. The van der Waals surface area contributed by atoms with Crippen LogP contribution in [0.4, 0.5) is 0 Å². The summed E-state index contributed by atoms with van der Waals surface area (Å²) in [5.41, 5.74) is 6.77. The van der Waals surface area contributed by atoms with Gasteiger partial charge in [-0.05, 0) is 32.1 Å². The zero-order chi connectivity index (χ0) is 17.1. The second-order valence-electron chi connectivity index (χ2n) is 6.27. The highest BCUT2D eigenvalue weighted by Crippen LogP contribution is 2.40. The Bertz CT molecular complexity index is 500. The molecule has 0 N–H and O–H groups in total. The molecular formula is C13H23N3O5Si. The van der Waals surface area contributed by atoms with Gasteiger partial charge in [-0.25, -0.2) is 9.59 Å². The van der Waals surface area contributed by atoms with Gasteiger partial charge in [0.25, 0.3) is 5.60 Å². The lowest BCUT2D eigenvalue weighted by molar-refractivity contribution is -0.174. The van der Waals surface area contributed by atoms with Crippen molar-refractivity contribution in [3.8, 4) is 0 Å². The summed E-state index contributed by atoms with van der Waals surface area (Å²) in [6.07, 6.45) is -0.732. The molecule has 1 aliphatic heterocycles. The lowest BCUT2D eigenvalue weighted by Crippen LogP contribution is -2.57. The summed E-state index contributed by atoms with van der Waals surface area (Å²) in [7, 11) is -2.26. The summed E-state index contributed by atoms with van der Waals surface area (Å²) < 4.78 is 16.3. The van der Waals surface area contributed by atoms with Crippen LogP contribution in [0.3, 0.4) is 0 Å². The minimum absolute atomic E-state index is 0.131. The Hall–Kier alpha value is -1.57. The molecule has 1 saturated heterocycles. The quantitative estimate of drug-likeness (QED) is 0.185. The lowest BCUT2D eigenvalue weighted by Gasteiger charge is -2.34. The van der Waals surface area contributed by atoms with Gasteiger partial charge < -0.3 is 13.9 Å². The zero-order valence-corrected chi connectivity index (χ0v) is 14.8. The number of azide groups is 1. The van der Waals surface area contributed by atoms with Crippen LogP contribution in [-0.4, -0.2) is 44.6 Å². The molecule has 0 aliphatic carbocycles. The molecule has 1 fully saturated rings. The number of nitrogens with zero attached hydrogens (tertiary/aromatic N) is 3. The highest BCUT2D eigenvalue weighted by Gasteiger charge is 2.65. The third kappa shape index (κ3) is 3.42. The van der Waals surface area contributed by atoms with Gasteiger partial charge in [-0.15, -0.1) is 0 Å². The second kappa shape index (κ2) is 6.68. The van der Waals surface area contributed by atoms with Gasteiger partial charge in [0, 0.05) is 10.8 Å². The van der Waals surface area contributed by atoms with E-state index in [1.807, 2.05) is 19.6 Å². The second-order valence-corrected chi connectivity index (χ2v) is 10.7. The molecule has 0 aromatic heterocycles. The number of ether oxygens (including phenoxy) is 2. The maximum Gasteiger partial charge on any atom is 0.350 e. The standard InChI is InChI=1S/C13H23N3O5Si/c1-7-19-11(17)13(21-22(4,5)6)8(2)10(20-12(13)18)9(3)15-16-14/h8-10H,7H2,1-6H3/t8-,9+,10+,13-/m0/s1. The van der Waals surface area contributed by atoms with Gasteiger partial charge in [0.15, 0.2) is 8.32 Å². The molecule has 0 radical (unpaired) electrons. The fourth-order valence-corrected chi connectivity index (χ4v) is 3.88. The summed E-state index contributed by atoms with van der Waals surface area (Å²) >= 11 is 0. The predicted molar refractivity (Wildman–Crippen MR) is 81.4 cm³/mol. The van der Waals surface area contributed by atoms with E-state index in [0.29, 0.717) is 0 Å². The van der Waals surface area contributed by atoms with Crippen molar-refractivity contribution in [1.82, 2.24) is 0 Å². The first-order valence-corrected chi connectivity index (χ1v) is 10.6. The summed E-state index contributed by atoms with van der Waals surface area (Å²) in [5, 5.41) is 3.57. The Balaban J connectivity index is 3.28. The van der Waals surface area contributed by atoms with E-state index in [1.165, 1.54) is 0 Å². The van der Waals surface area contributed by atoms with Crippen molar-refractivity contribution in [3.05, 3.63) is 10.4 Å². The largest absolute Gasteiger partial charge is 0.463 e. The fraction of sp³-hybridized carbons (Fsp3) is 0.846. The topological polar surface area (TPSA) is 111 Å². The zero-order valence-electron chi connectivity index (χ0n) is 13.8. The van der Waals surface area contributed by atoms with Gasteiger partial charge in [-0.2, -0.15) is 0 Å². The molecule has 8 nitrogen and oxygen atoms in total. The molecular weight excluding hydrogens is 306 g/mol. The maximum absolute atomic E-state index is 12.5. The molecule has 0 aromatic rings. The first kappa shape index (κ1) is 18.5. The minimum Gasteiger partial charge on any atom is -0.463 e. The Kier molecular flexibility index (Phi) is 5.61. The minimum atomic E-state index is -2.26. The van der Waals surface area contributed by atoms with Crippen molar-refractivity contribution in [1.29, 1.82) is 0 Å². The molecule has 4 atom stereocenters. The van der Waals surface area contributed by atoms with Gasteiger partial charge in [-0.3, -0.25) is 0 Å². The molecule has 0 amide bonds. The number of carbonyl (C=O) groups is 2. The highest BCUT2D eigenvalue weighted by molar-refractivity contribution is 6.70. The van der Waals surface area contributed by atoms with E-state index in [1.54, 1.807) is 20.8 Å². The van der Waals surface area contributed by atoms with Crippen LogP contribution in [-0.2, 0) is 23.5 Å². The first-order valence-electron chi connectivity index (χ1n) is 7.22. The van der Waals surface area contributed by atoms with Crippen LogP contribution in [0, 0.1) is 5.92 Å². The molecule has 0 bridgehead atoms. The van der Waals surface area contributed by atoms with E-state index in [9.17, 15) is 9.59 Å². The third-order valence-electron chi connectivity index (χ3n) is 3.44. The maximum atomic E-state index is 12.5. The van der Waals surface area contributed by atoms with Gasteiger partial charge in [-0.1, -0.05) is 19.0 Å². The van der Waals surface area contributed by atoms with E-state index in [4.69, 9.17) is 19.4 Å². The van der Waals surface area contributed by atoms with Crippen LogP contribution >= 0.6 is 0 Å². The fourth-order valence-electron chi connectivity index (χ4n) is 2.56. The molecule has 0 spiro atoms.